The number of anilines is 1. The summed E-state index contributed by atoms with van der Waals surface area (Å²) in [6.45, 7) is 1.76. The molecule has 0 bridgehead atoms. The number of hydrogen-bond donors (Lipinski definition) is 2. The van der Waals surface area contributed by atoms with E-state index in [0.29, 0.717) is 0 Å². The molecule has 1 aliphatic carbocycles. The highest BCUT2D eigenvalue weighted by Crippen LogP contribution is 2.27. The molecule has 0 spiro atoms. The summed E-state index contributed by atoms with van der Waals surface area (Å²) in [7, 11) is 0. The van der Waals surface area contributed by atoms with E-state index in [1.165, 1.54) is 6.07 Å². The van der Waals surface area contributed by atoms with E-state index in [0.717, 1.165) is 31.2 Å². The number of hydrogen-bond acceptors (Lipinski definition) is 5. The summed E-state index contributed by atoms with van der Waals surface area (Å²) >= 11 is 0. The number of nitrogens with zero attached hydrogens (tertiary/aromatic N) is 2. The van der Waals surface area contributed by atoms with Crippen molar-refractivity contribution in [1.29, 1.82) is 0 Å². The number of rotatable bonds is 3. The fraction of sp³-hybridized carbons (Fsp3) is 0.583. The van der Waals surface area contributed by atoms with Crippen LogP contribution in [0.4, 0.5) is 11.5 Å². The molecule has 1 saturated carbocycles. The van der Waals surface area contributed by atoms with Gasteiger partial charge < -0.3 is 10.4 Å². The quantitative estimate of drug-likeness (QED) is 0.633. The first-order valence-electron chi connectivity index (χ1n) is 6.13. The molecule has 6 heteroatoms. The van der Waals surface area contributed by atoms with Crippen molar-refractivity contribution in [3.05, 3.63) is 27.9 Å². The average Bonchev–Trinajstić information content (AvgIpc) is 2.34. The normalized spacial score (nSPS) is 23.7. The zero-order valence-corrected chi connectivity index (χ0v) is 10.3. The zero-order valence-electron chi connectivity index (χ0n) is 10.3. The summed E-state index contributed by atoms with van der Waals surface area (Å²) in [6, 6.07) is 1.34. The van der Waals surface area contributed by atoms with Crippen LogP contribution in [0.1, 0.15) is 31.2 Å². The number of aliphatic hydroxyl groups is 1. The molecule has 0 radical (unpaired) electrons. The molecule has 0 aromatic carbocycles. The predicted molar refractivity (Wildman–Crippen MR) is 67.5 cm³/mol. The van der Waals surface area contributed by atoms with E-state index in [9.17, 15) is 15.2 Å². The third-order valence-electron chi connectivity index (χ3n) is 3.25. The minimum atomic E-state index is -0.457. The number of pyridine rings is 1. The molecule has 2 rings (SSSR count). The Hall–Kier alpha value is -1.69. The number of nitrogens with one attached hydrogen (secondary N) is 1. The van der Waals surface area contributed by atoms with Crippen molar-refractivity contribution < 1.29 is 10.0 Å². The first-order chi connectivity index (χ1) is 8.58. The largest absolute Gasteiger partial charge is 0.391 e. The van der Waals surface area contributed by atoms with Crippen LogP contribution >= 0.6 is 0 Å². The second kappa shape index (κ2) is 5.30. The molecule has 98 valence electrons. The summed E-state index contributed by atoms with van der Waals surface area (Å²) in [4.78, 5) is 14.6. The molecule has 1 aromatic rings. The van der Waals surface area contributed by atoms with Crippen molar-refractivity contribution in [2.45, 2.75) is 44.8 Å². The summed E-state index contributed by atoms with van der Waals surface area (Å²) in [6.07, 6.45) is 4.70. The Morgan fingerprint density at radius 3 is 2.89 bits per heavy atom. The minimum Gasteiger partial charge on any atom is -0.391 e. The van der Waals surface area contributed by atoms with Crippen LogP contribution in [-0.4, -0.2) is 27.2 Å². The predicted octanol–water partition coefficient (Wildman–Crippen LogP) is 2.01. The van der Waals surface area contributed by atoms with Gasteiger partial charge in [-0.05, 0) is 25.3 Å². The van der Waals surface area contributed by atoms with Crippen molar-refractivity contribution in [1.82, 2.24) is 4.98 Å². The summed E-state index contributed by atoms with van der Waals surface area (Å²) in [5.41, 5.74) is 0.712. The van der Waals surface area contributed by atoms with E-state index in [1.54, 1.807) is 13.1 Å². The van der Waals surface area contributed by atoms with Gasteiger partial charge >= 0.3 is 5.69 Å². The van der Waals surface area contributed by atoms with Gasteiger partial charge in [0.15, 0.2) is 0 Å². The fourth-order valence-corrected chi connectivity index (χ4v) is 2.26. The van der Waals surface area contributed by atoms with E-state index in [1.807, 2.05) is 0 Å². The van der Waals surface area contributed by atoms with Crippen LogP contribution in [0.3, 0.4) is 0 Å². The number of aryl methyl sites for hydroxylation is 1. The van der Waals surface area contributed by atoms with Gasteiger partial charge in [0, 0.05) is 12.3 Å². The highest BCUT2D eigenvalue weighted by Gasteiger charge is 2.26. The highest BCUT2D eigenvalue weighted by atomic mass is 16.6. The van der Waals surface area contributed by atoms with Crippen LogP contribution in [0, 0.1) is 17.0 Å². The first-order valence-corrected chi connectivity index (χ1v) is 6.13. The van der Waals surface area contributed by atoms with E-state index in [-0.39, 0.29) is 17.5 Å². The van der Waals surface area contributed by atoms with Crippen LogP contribution in [0.25, 0.3) is 0 Å². The second-order valence-electron chi connectivity index (χ2n) is 4.74. The monoisotopic (exact) mass is 251 g/mol. The van der Waals surface area contributed by atoms with Crippen molar-refractivity contribution in [3.63, 3.8) is 0 Å². The maximum Gasteiger partial charge on any atom is 0.311 e. The Kier molecular flexibility index (Phi) is 3.76. The topological polar surface area (TPSA) is 88.3 Å². The SMILES string of the molecule is Cc1cnc(NC2CCCCC2O)c([N+](=O)[O-])c1. The van der Waals surface area contributed by atoms with Gasteiger partial charge in [0.1, 0.15) is 0 Å². The molecule has 1 aliphatic rings. The fourth-order valence-electron chi connectivity index (χ4n) is 2.26. The summed E-state index contributed by atoms with van der Waals surface area (Å²) < 4.78 is 0. The highest BCUT2D eigenvalue weighted by molar-refractivity contribution is 5.57. The van der Waals surface area contributed by atoms with Gasteiger partial charge in [0.05, 0.1) is 17.1 Å². The van der Waals surface area contributed by atoms with Gasteiger partial charge in [-0.2, -0.15) is 0 Å². The van der Waals surface area contributed by atoms with Crippen LogP contribution in [0.2, 0.25) is 0 Å². The van der Waals surface area contributed by atoms with Crippen molar-refractivity contribution in [3.8, 4) is 0 Å². The molecule has 1 heterocycles. The van der Waals surface area contributed by atoms with Gasteiger partial charge in [0.2, 0.25) is 5.82 Å². The molecule has 18 heavy (non-hydrogen) atoms. The van der Waals surface area contributed by atoms with Gasteiger partial charge in [-0.15, -0.1) is 0 Å². The third kappa shape index (κ3) is 2.76. The molecular weight excluding hydrogens is 234 g/mol. The molecular formula is C12H17N3O3. The Bertz CT molecular complexity index is 450. The van der Waals surface area contributed by atoms with Crippen molar-refractivity contribution in [2.24, 2.45) is 0 Å². The van der Waals surface area contributed by atoms with Gasteiger partial charge in [-0.25, -0.2) is 4.98 Å². The molecule has 0 amide bonds. The molecule has 6 nitrogen and oxygen atoms in total. The van der Waals surface area contributed by atoms with Crippen LogP contribution in [-0.2, 0) is 0 Å². The lowest BCUT2D eigenvalue weighted by molar-refractivity contribution is -0.384. The van der Waals surface area contributed by atoms with Crippen LogP contribution in [0.5, 0.6) is 0 Å². The first kappa shape index (κ1) is 12.8. The van der Waals surface area contributed by atoms with Crippen molar-refractivity contribution in [2.75, 3.05) is 5.32 Å². The lowest BCUT2D eigenvalue weighted by Crippen LogP contribution is -2.36. The zero-order chi connectivity index (χ0) is 13.1. The standard InChI is InChI=1S/C12H17N3O3/c1-8-6-10(15(17)18)12(13-7-8)14-9-4-2-3-5-11(9)16/h6-7,9,11,16H,2-5H2,1H3,(H,13,14). The van der Waals surface area contributed by atoms with Gasteiger partial charge in [-0.1, -0.05) is 12.8 Å². The number of aliphatic hydroxyl groups excluding tert-OH is 1. The molecule has 0 aliphatic heterocycles. The molecule has 1 fully saturated rings. The third-order valence-corrected chi connectivity index (χ3v) is 3.25. The average molecular weight is 251 g/mol. The lowest BCUT2D eigenvalue weighted by Gasteiger charge is -2.28. The Morgan fingerprint density at radius 1 is 1.50 bits per heavy atom. The molecule has 2 N–H and O–H groups in total. The maximum absolute atomic E-state index is 11.0. The smallest absolute Gasteiger partial charge is 0.311 e. The van der Waals surface area contributed by atoms with Gasteiger partial charge in [0.25, 0.3) is 0 Å². The van der Waals surface area contributed by atoms with Crippen LogP contribution < -0.4 is 5.32 Å². The molecule has 1 aromatic heterocycles. The minimum absolute atomic E-state index is 0.0345. The van der Waals surface area contributed by atoms with Crippen molar-refractivity contribution >= 4 is 11.5 Å². The summed E-state index contributed by atoms with van der Waals surface area (Å²) in [5.74, 6) is 0.247. The van der Waals surface area contributed by atoms with E-state index in [4.69, 9.17) is 0 Å². The van der Waals surface area contributed by atoms with E-state index in [2.05, 4.69) is 10.3 Å². The lowest BCUT2D eigenvalue weighted by atomic mass is 9.92. The van der Waals surface area contributed by atoms with E-state index < -0.39 is 11.0 Å². The Morgan fingerprint density at radius 2 is 2.22 bits per heavy atom. The summed E-state index contributed by atoms with van der Waals surface area (Å²) in [5, 5.41) is 23.8. The number of nitro groups is 1. The number of aromatic nitrogens is 1. The second-order valence-corrected chi connectivity index (χ2v) is 4.74. The molecule has 0 saturated heterocycles. The van der Waals surface area contributed by atoms with Gasteiger partial charge in [-0.3, -0.25) is 10.1 Å². The Balaban J connectivity index is 2.20. The van der Waals surface area contributed by atoms with E-state index >= 15 is 0 Å². The Labute approximate surface area is 105 Å². The maximum atomic E-state index is 11.0. The van der Waals surface area contributed by atoms with Crippen LogP contribution in [0.15, 0.2) is 12.3 Å². The molecule has 2 atom stereocenters. The molecule has 2 unspecified atom stereocenters.